The number of nitrogens with one attached hydrogen (secondary N) is 1. The van der Waals surface area contributed by atoms with Gasteiger partial charge in [0.1, 0.15) is 0 Å². The Balaban J connectivity index is 1.79. The van der Waals surface area contributed by atoms with Crippen LogP contribution in [-0.2, 0) is 9.63 Å². The molecule has 0 aliphatic heterocycles. The molecule has 21 heavy (non-hydrogen) atoms. The normalized spacial score (nSPS) is 10.6. The molecule has 0 fully saturated rings. The number of oxime groups is 1. The molecule has 0 aliphatic carbocycles. The quantitative estimate of drug-likeness (QED) is 0.662. The fourth-order valence-electron chi connectivity index (χ4n) is 1.65. The van der Waals surface area contributed by atoms with E-state index in [4.69, 9.17) is 4.84 Å². The van der Waals surface area contributed by atoms with E-state index in [0.717, 1.165) is 21.3 Å². The van der Waals surface area contributed by atoms with E-state index in [1.54, 1.807) is 6.21 Å². The van der Waals surface area contributed by atoms with E-state index in [-0.39, 0.29) is 12.5 Å². The first kappa shape index (κ1) is 15.3. The van der Waals surface area contributed by atoms with Crippen molar-refractivity contribution < 1.29 is 9.63 Å². The fraction of sp³-hybridized carbons (Fsp3) is 0.125. The first-order valence-electron chi connectivity index (χ1n) is 6.41. The second-order valence-corrected chi connectivity index (χ2v) is 5.29. The van der Waals surface area contributed by atoms with E-state index >= 15 is 0 Å². The lowest BCUT2D eigenvalue weighted by molar-refractivity contribution is -0.120. The van der Waals surface area contributed by atoms with Gasteiger partial charge in [0.2, 0.25) is 0 Å². The Kier molecular flexibility index (Phi) is 5.51. The molecule has 4 nitrogen and oxygen atoms in total. The monoisotopic (exact) mass is 346 g/mol. The van der Waals surface area contributed by atoms with Crippen LogP contribution in [0.1, 0.15) is 11.1 Å². The van der Waals surface area contributed by atoms with Crippen LogP contribution in [0.2, 0.25) is 0 Å². The van der Waals surface area contributed by atoms with Crippen LogP contribution in [0.15, 0.2) is 58.2 Å². The van der Waals surface area contributed by atoms with Crippen molar-refractivity contribution in [3.63, 3.8) is 0 Å². The highest BCUT2D eigenvalue weighted by Crippen LogP contribution is 2.19. The maximum absolute atomic E-state index is 11.7. The summed E-state index contributed by atoms with van der Waals surface area (Å²) in [5, 5.41) is 6.51. The predicted molar refractivity (Wildman–Crippen MR) is 87.5 cm³/mol. The average molecular weight is 347 g/mol. The minimum absolute atomic E-state index is 0.127. The van der Waals surface area contributed by atoms with Gasteiger partial charge in [0, 0.05) is 10.2 Å². The second-order valence-electron chi connectivity index (χ2n) is 4.43. The van der Waals surface area contributed by atoms with Crippen molar-refractivity contribution in [1.29, 1.82) is 0 Å². The summed E-state index contributed by atoms with van der Waals surface area (Å²) in [7, 11) is 0. The van der Waals surface area contributed by atoms with Crippen molar-refractivity contribution in [3.8, 4) is 0 Å². The number of benzene rings is 2. The number of nitrogens with zero attached hydrogens (tertiary/aromatic N) is 1. The van der Waals surface area contributed by atoms with Gasteiger partial charge in [-0.15, -0.1) is 0 Å². The van der Waals surface area contributed by atoms with Crippen molar-refractivity contribution in [2.45, 2.75) is 6.92 Å². The van der Waals surface area contributed by atoms with Gasteiger partial charge in [-0.25, -0.2) is 0 Å². The van der Waals surface area contributed by atoms with Gasteiger partial charge in [0.25, 0.3) is 5.91 Å². The number of carbonyl (C=O) groups excluding carboxylic acids is 1. The number of anilines is 1. The van der Waals surface area contributed by atoms with Crippen molar-refractivity contribution in [1.82, 2.24) is 0 Å². The van der Waals surface area contributed by atoms with Gasteiger partial charge < -0.3 is 10.2 Å². The predicted octanol–water partition coefficient (Wildman–Crippen LogP) is 3.75. The summed E-state index contributed by atoms with van der Waals surface area (Å²) in [6.45, 7) is 1.83. The molecule has 2 aromatic rings. The van der Waals surface area contributed by atoms with Gasteiger partial charge in [-0.1, -0.05) is 51.4 Å². The van der Waals surface area contributed by atoms with Crippen LogP contribution in [0.4, 0.5) is 5.69 Å². The van der Waals surface area contributed by atoms with Gasteiger partial charge in [0.05, 0.1) is 6.21 Å². The molecule has 5 heteroatoms. The van der Waals surface area contributed by atoms with E-state index in [0.29, 0.717) is 0 Å². The average Bonchev–Trinajstić information content (AvgIpc) is 2.49. The Morgan fingerprint density at radius 3 is 2.76 bits per heavy atom. The molecule has 0 atom stereocenters. The largest absolute Gasteiger partial charge is 0.386 e. The maximum atomic E-state index is 11.7. The Morgan fingerprint density at radius 1 is 1.29 bits per heavy atom. The van der Waals surface area contributed by atoms with Crippen molar-refractivity contribution >= 4 is 33.7 Å². The highest BCUT2D eigenvalue weighted by Gasteiger charge is 2.03. The zero-order chi connectivity index (χ0) is 15.1. The molecule has 0 radical (unpaired) electrons. The van der Waals surface area contributed by atoms with Crippen molar-refractivity contribution in [2.75, 3.05) is 11.9 Å². The van der Waals surface area contributed by atoms with Crippen LogP contribution in [-0.4, -0.2) is 18.7 Å². The summed E-state index contributed by atoms with van der Waals surface area (Å²) < 4.78 is 1.00. The van der Waals surface area contributed by atoms with E-state index in [9.17, 15) is 4.79 Å². The van der Waals surface area contributed by atoms with Crippen LogP contribution >= 0.6 is 15.9 Å². The lowest BCUT2D eigenvalue weighted by atomic mass is 10.2. The zero-order valence-electron chi connectivity index (χ0n) is 11.5. The molecular formula is C16H15BrN2O2. The molecule has 0 aromatic heterocycles. The van der Waals surface area contributed by atoms with Crippen LogP contribution in [0.3, 0.4) is 0 Å². The van der Waals surface area contributed by atoms with Crippen LogP contribution < -0.4 is 5.32 Å². The number of aryl methyl sites for hydroxylation is 1. The zero-order valence-corrected chi connectivity index (χ0v) is 13.1. The molecule has 0 heterocycles. The molecule has 0 bridgehead atoms. The van der Waals surface area contributed by atoms with E-state index in [1.807, 2.05) is 55.5 Å². The van der Waals surface area contributed by atoms with E-state index in [2.05, 4.69) is 26.4 Å². The molecule has 2 rings (SSSR count). The van der Waals surface area contributed by atoms with Crippen LogP contribution in [0.25, 0.3) is 0 Å². The van der Waals surface area contributed by atoms with Crippen molar-refractivity contribution in [2.24, 2.45) is 5.16 Å². The standard InChI is InChI=1S/C16H15BrN2O2/c1-12-9-14(7-8-15(12)17)19-16(20)11-21-18-10-13-5-3-2-4-6-13/h2-10H,11H2,1H3,(H,19,20)/b18-10-. The Morgan fingerprint density at radius 2 is 2.05 bits per heavy atom. The highest BCUT2D eigenvalue weighted by molar-refractivity contribution is 9.10. The molecule has 1 amide bonds. The van der Waals surface area contributed by atoms with Gasteiger partial charge in [-0.2, -0.15) is 0 Å². The van der Waals surface area contributed by atoms with Gasteiger partial charge >= 0.3 is 0 Å². The Hall–Kier alpha value is -2.14. The highest BCUT2D eigenvalue weighted by atomic mass is 79.9. The van der Waals surface area contributed by atoms with E-state index in [1.165, 1.54) is 0 Å². The number of halogens is 1. The Bertz CT molecular complexity index is 642. The molecular weight excluding hydrogens is 332 g/mol. The second kappa shape index (κ2) is 7.59. The van der Waals surface area contributed by atoms with E-state index < -0.39 is 0 Å². The van der Waals surface area contributed by atoms with Gasteiger partial charge in [-0.05, 0) is 36.2 Å². The SMILES string of the molecule is Cc1cc(NC(=O)CO/N=C\c2ccccc2)ccc1Br. The third-order valence-electron chi connectivity index (χ3n) is 2.71. The van der Waals surface area contributed by atoms with Crippen LogP contribution in [0, 0.1) is 6.92 Å². The minimum atomic E-state index is -0.248. The third-order valence-corrected chi connectivity index (χ3v) is 3.60. The summed E-state index contributed by atoms with van der Waals surface area (Å²) >= 11 is 3.41. The van der Waals surface area contributed by atoms with Gasteiger partial charge in [0.15, 0.2) is 6.61 Å². The van der Waals surface area contributed by atoms with Crippen LogP contribution in [0.5, 0.6) is 0 Å². The number of amides is 1. The number of hydrogen-bond acceptors (Lipinski definition) is 3. The third kappa shape index (κ3) is 5.04. The molecule has 0 saturated heterocycles. The number of rotatable bonds is 5. The summed E-state index contributed by atoms with van der Waals surface area (Å²) in [5.41, 5.74) is 2.70. The summed E-state index contributed by atoms with van der Waals surface area (Å²) in [6, 6.07) is 15.1. The smallest absolute Gasteiger partial charge is 0.265 e. The fourth-order valence-corrected chi connectivity index (χ4v) is 1.90. The minimum Gasteiger partial charge on any atom is -0.386 e. The lowest BCUT2D eigenvalue weighted by Crippen LogP contribution is -2.17. The topological polar surface area (TPSA) is 50.7 Å². The number of hydrogen-bond donors (Lipinski definition) is 1. The molecule has 0 unspecified atom stereocenters. The molecule has 0 aliphatic rings. The Labute approximate surface area is 131 Å². The van der Waals surface area contributed by atoms with Gasteiger partial charge in [-0.3, -0.25) is 4.79 Å². The summed E-state index contributed by atoms with van der Waals surface area (Å²) in [4.78, 5) is 16.7. The molecule has 108 valence electrons. The number of carbonyl (C=O) groups is 1. The molecule has 0 saturated carbocycles. The molecule has 0 spiro atoms. The summed E-state index contributed by atoms with van der Waals surface area (Å²) in [6.07, 6.45) is 1.57. The first-order chi connectivity index (χ1) is 10.1. The first-order valence-corrected chi connectivity index (χ1v) is 7.21. The summed E-state index contributed by atoms with van der Waals surface area (Å²) in [5.74, 6) is -0.248. The molecule has 1 N–H and O–H groups in total. The van der Waals surface area contributed by atoms with Crippen molar-refractivity contribution in [3.05, 3.63) is 64.1 Å². The molecule has 2 aromatic carbocycles. The maximum Gasteiger partial charge on any atom is 0.265 e. The lowest BCUT2D eigenvalue weighted by Gasteiger charge is -2.06.